The van der Waals surface area contributed by atoms with E-state index in [-0.39, 0.29) is 30.4 Å². The number of aliphatic hydroxyl groups excluding tert-OH is 1. The molecule has 0 spiro atoms. The highest BCUT2D eigenvalue weighted by Gasteiger charge is 2.30. The average molecular weight is 213 g/mol. The molecular weight excluding hydrogens is 194 g/mol. The Hall–Kier alpha value is -0.900. The number of carbonyl (C=O) groups is 2. The average Bonchev–Trinajstić information content (AvgIpc) is 2.38. The summed E-state index contributed by atoms with van der Waals surface area (Å²) in [6, 6.07) is -0.201. The standard InChI is InChI=1S/C11H19NO3/c1-8(7-13)9(2)12-10(14)5-3-4-6-11(12)15/h8-9,13H,3-7H2,1-2H3. The van der Waals surface area contributed by atoms with E-state index >= 15 is 0 Å². The first-order chi connectivity index (χ1) is 7.07. The van der Waals surface area contributed by atoms with E-state index in [1.165, 1.54) is 4.90 Å². The van der Waals surface area contributed by atoms with Gasteiger partial charge in [0.15, 0.2) is 0 Å². The third kappa shape index (κ3) is 2.78. The van der Waals surface area contributed by atoms with Crippen molar-refractivity contribution in [3.05, 3.63) is 0 Å². The molecule has 1 N–H and O–H groups in total. The molecular formula is C11H19NO3. The molecule has 1 fully saturated rings. The number of rotatable bonds is 3. The fourth-order valence-electron chi connectivity index (χ4n) is 1.79. The SMILES string of the molecule is CC(CO)C(C)N1C(=O)CCCCC1=O. The Labute approximate surface area is 90.3 Å². The van der Waals surface area contributed by atoms with E-state index < -0.39 is 0 Å². The molecule has 2 amide bonds. The second-order valence-corrected chi connectivity index (χ2v) is 4.27. The van der Waals surface area contributed by atoms with Crippen LogP contribution in [0.4, 0.5) is 0 Å². The molecule has 0 bridgehead atoms. The lowest BCUT2D eigenvalue weighted by Gasteiger charge is -2.29. The van der Waals surface area contributed by atoms with Gasteiger partial charge in [0.05, 0.1) is 0 Å². The highest BCUT2D eigenvalue weighted by Crippen LogP contribution is 2.19. The fourth-order valence-corrected chi connectivity index (χ4v) is 1.79. The number of carbonyl (C=O) groups excluding carboxylic acids is 2. The highest BCUT2D eigenvalue weighted by molar-refractivity contribution is 5.96. The topological polar surface area (TPSA) is 57.6 Å². The lowest BCUT2D eigenvalue weighted by molar-refractivity contribution is -0.147. The number of aliphatic hydroxyl groups is 1. The van der Waals surface area contributed by atoms with E-state index in [0.29, 0.717) is 12.8 Å². The maximum atomic E-state index is 11.7. The van der Waals surface area contributed by atoms with Gasteiger partial charge in [0, 0.05) is 25.5 Å². The van der Waals surface area contributed by atoms with Crippen LogP contribution in [0.2, 0.25) is 0 Å². The molecule has 0 aromatic carbocycles. The number of hydrogen-bond acceptors (Lipinski definition) is 3. The molecule has 0 aliphatic carbocycles. The molecule has 4 nitrogen and oxygen atoms in total. The van der Waals surface area contributed by atoms with Crippen LogP contribution in [0.15, 0.2) is 0 Å². The number of amides is 2. The molecule has 15 heavy (non-hydrogen) atoms. The van der Waals surface area contributed by atoms with Crippen LogP contribution in [0.1, 0.15) is 39.5 Å². The Bertz CT molecular complexity index is 234. The Morgan fingerprint density at radius 1 is 1.20 bits per heavy atom. The van der Waals surface area contributed by atoms with Gasteiger partial charge >= 0.3 is 0 Å². The molecule has 1 saturated heterocycles. The van der Waals surface area contributed by atoms with Crippen molar-refractivity contribution in [2.24, 2.45) is 5.92 Å². The van der Waals surface area contributed by atoms with Crippen molar-refractivity contribution in [3.8, 4) is 0 Å². The second kappa shape index (κ2) is 5.26. The van der Waals surface area contributed by atoms with Crippen LogP contribution in [-0.4, -0.2) is 34.5 Å². The van der Waals surface area contributed by atoms with Gasteiger partial charge in [-0.3, -0.25) is 14.5 Å². The zero-order chi connectivity index (χ0) is 11.4. The summed E-state index contributed by atoms with van der Waals surface area (Å²) < 4.78 is 0. The first kappa shape index (κ1) is 12.2. The Kier molecular flexibility index (Phi) is 4.27. The molecule has 0 aromatic heterocycles. The number of hydrogen-bond donors (Lipinski definition) is 1. The van der Waals surface area contributed by atoms with Crippen LogP contribution < -0.4 is 0 Å². The van der Waals surface area contributed by atoms with E-state index in [4.69, 9.17) is 5.11 Å². The van der Waals surface area contributed by atoms with Gasteiger partial charge in [-0.1, -0.05) is 6.92 Å². The zero-order valence-corrected chi connectivity index (χ0v) is 9.40. The van der Waals surface area contributed by atoms with Crippen molar-refractivity contribution in [1.82, 2.24) is 4.90 Å². The van der Waals surface area contributed by atoms with Crippen molar-refractivity contribution in [2.45, 2.75) is 45.6 Å². The molecule has 2 unspecified atom stereocenters. The molecule has 0 radical (unpaired) electrons. The van der Waals surface area contributed by atoms with E-state index in [1.807, 2.05) is 13.8 Å². The third-order valence-corrected chi connectivity index (χ3v) is 3.09. The Morgan fingerprint density at radius 3 is 2.07 bits per heavy atom. The van der Waals surface area contributed by atoms with Gasteiger partial charge in [0.1, 0.15) is 0 Å². The first-order valence-corrected chi connectivity index (χ1v) is 5.53. The monoisotopic (exact) mass is 213 g/mol. The maximum Gasteiger partial charge on any atom is 0.229 e. The fraction of sp³-hybridized carbons (Fsp3) is 0.818. The smallest absolute Gasteiger partial charge is 0.229 e. The summed E-state index contributed by atoms with van der Waals surface area (Å²) in [5.41, 5.74) is 0. The molecule has 1 aliphatic heterocycles. The van der Waals surface area contributed by atoms with Gasteiger partial charge < -0.3 is 5.11 Å². The molecule has 4 heteroatoms. The Morgan fingerprint density at radius 2 is 1.67 bits per heavy atom. The van der Waals surface area contributed by atoms with Gasteiger partial charge in [-0.05, 0) is 25.7 Å². The first-order valence-electron chi connectivity index (χ1n) is 5.53. The van der Waals surface area contributed by atoms with Gasteiger partial charge in [0.2, 0.25) is 11.8 Å². The highest BCUT2D eigenvalue weighted by atomic mass is 16.3. The lowest BCUT2D eigenvalue weighted by atomic mass is 10.0. The largest absolute Gasteiger partial charge is 0.396 e. The van der Waals surface area contributed by atoms with Gasteiger partial charge in [-0.2, -0.15) is 0 Å². The second-order valence-electron chi connectivity index (χ2n) is 4.27. The van der Waals surface area contributed by atoms with Gasteiger partial charge in [-0.25, -0.2) is 0 Å². The summed E-state index contributed by atoms with van der Waals surface area (Å²) in [4.78, 5) is 24.8. The minimum atomic E-state index is -0.201. The predicted octanol–water partition coefficient (Wildman–Crippen LogP) is 0.932. The van der Waals surface area contributed by atoms with Gasteiger partial charge in [0.25, 0.3) is 0 Å². The maximum absolute atomic E-state index is 11.7. The number of imide groups is 1. The van der Waals surface area contributed by atoms with Crippen LogP contribution >= 0.6 is 0 Å². The summed E-state index contributed by atoms with van der Waals surface area (Å²) in [6.07, 6.45) is 2.49. The molecule has 86 valence electrons. The van der Waals surface area contributed by atoms with E-state index in [9.17, 15) is 9.59 Å². The number of nitrogens with zero attached hydrogens (tertiary/aromatic N) is 1. The quantitative estimate of drug-likeness (QED) is 0.710. The minimum absolute atomic E-state index is 0.00176. The summed E-state index contributed by atoms with van der Waals surface area (Å²) in [5, 5.41) is 9.03. The van der Waals surface area contributed by atoms with Crippen molar-refractivity contribution >= 4 is 11.8 Å². The van der Waals surface area contributed by atoms with E-state index in [2.05, 4.69) is 0 Å². The van der Waals surface area contributed by atoms with Crippen LogP contribution in [0.25, 0.3) is 0 Å². The van der Waals surface area contributed by atoms with E-state index in [1.54, 1.807) is 0 Å². The third-order valence-electron chi connectivity index (χ3n) is 3.09. The van der Waals surface area contributed by atoms with Crippen molar-refractivity contribution in [2.75, 3.05) is 6.61 Å². The van der Waals surface area contributed by atoms with Crippen LogP contribution in [0, 0.1) is 5.92 Å². The Balaban J connectivity index is 2.78. The van der Waals surface area contributed by atoms with Crippen LogP contribution in [0.5, 0.6) is 0 Å². The summed E-state index contributed by atoms with van der Waals surface area (Å²) in [7, 11) is 0. The van der Waals surface area contributed by atoms with Crippen molar-refractivity contribution < 1.29 is 14.7 Å². The summed E-state index contributed by atoms with van der Waals surface area (Å²) in [5.74, 6) is -0.244. The molecule has 0 saturated carbocycles. The van der Waals surface area contributed by atoms with Crippen LogP contribution in [-0.2, 0) is 9.59 Å². The molecule has 2 atom stereocenters. The minimum Gasteiger partial charge on any atom is -0.396 e. The molecule has 1 rings (SSSR count). The number of likely N-dealkylation sites (tertiary alicyclic amines) is 1. The lowest BCUT2D eigenvalue weighted by Crippen LogP contribution is -2.45. The molecule has 0 aromatic rings. The zero-order valence-electron chi connectivity index (χ0n) is 9.40. The van der Waals surface area contributed by atoms with Crippen molar-refractivity contribution in [3.63, 3.8) is 0 Å². The predicted molar refractivity (Wildman–Crippen MR) is 56.0 cm³/mol. The van der Waals surface area contributed by atoms with Crippen LogP contribution in [0.3, 0.4) is 0 Å². The molecule has 1 aliphatic rings. The van der Waals surface area contributed by atoms with Gasteiger partial charge in [-0.15, -0.1) is 0 Å². The summed E-state index contributed by atoms with van der Waals surface area (Å²) in [6.45, 7) is 3.66. The van der Waals surface area contributed by atoms with E-state index in [0.717, 1.165) is 12.8 Å². The summed E-state index contributed by atoms with van der Waals surface area (Å²) >= 11 is 0. The van der Waals surface area contributed by atoms with Crippen molar-refractivity contribution in [1.29, 1.82) is 0 Å². The molecule has 1 heterocycles. The normalized spacial score (nSPS) is 22.5.